The largest absolute Gasteiger partial charge is 0.387 e. The average Bonchev–Trinajstić information content (AvgIpc) is 2.55. The minimum atomic E-state index is -0.720. The van der Waals surface area contributed by atoms with Crippen molar-refractivity contribution in [3.63, 3.8) is 0 Å². The van der Waals surface area contributed by atoms with E-state index in [4.69, 9.17) is 11.6 Å². The van der Waals surface area contributed by atoms with Gasteiger partial charge in [0.1, 0.15) is 5.15 Å². The van der Waals surface area contributed by atoms with Crippen LogP contribution in [0.25, 0.3) is 0 Å². The Morgan fingerprint density at radius 1 is 1.26 bits per heavy atom. The maximum atomic E-state index is 11.7. The van der Waals surface area contributed by atoms with Crippen molar-refractivity contribution in [1.29, 1.82) is 0 Å². The Bertz CT molecular complexity index is 647. The molecule has 0 aliphatic carbocycles. The first-order valence-corrected chi connectivity index (χ1v) is 7.80. The van der Waals surface area contributed by atoms with Crippen LogP contribution in [-0.4, -0.2) is 29.2 Å². The fourth-order valence-electron chi connectivity index (χ4n) is 2.20. The minimum Gasteiger partial charge on any atom is -0.387 e. The average molecular weight is 334 g/mol. The number of aryl methyl sites for hydroxylation is 1. The Labute approximate surface area is 140 Å². The molecule has 0 spiro atoms. The molecule has 6 heteroatoms. The molecule has 0 saturated carbocycles. The summed E-state index contributed by atoms with van der Waals surface area (Å²) in [5.41, 5.74) is 2.81. The van der Waals surface area contributed by atoms with Crippen LogP contribution in [-0.2, 0) is 6.42 Å². The van der Waals surface area contributed by atoms with Crippen molar-refractivity contribution in [2.24, 2.45) is 0 Å². The van der Waals surface area contributed by atoms with Crippen molar-refractivity contribution in [3.05, 3.63) is 64.4 Å². The summed E-state index contributed by atoms with van der Waals surface area (Å²) in [6, 6.07) is 10.8. The molecule has 1 heterocycles. The second-order valence-electron chi connectivity index (χ2n) is 5.25. The van der Waals surface area contributed by atoms with Gasteiger partial charge in [0.25, 0.3) is 0 Å². The van der Waals surface area contributed by atoms with E-state index in [-0.39, 0.29) is 12.6 Å². The number of carbonyl (C=O) groups excluding carboxylic acids is 1. The maximum Gasteiger partial charge on any atom is 0.314 e. The van der Waals surface area contributed by atoms with E-state index < -0.39 is 6.10 Å². The fraction of sp³-hybridized carbons (Fsp3) is 0.294. The van der Waals surface area contributed by atoms with Gasteiger partial charge in [-0.05, 0) is 36.1 Å². The van der Waals surface area contributed by atoms with Gasteiger partial charge in [0.2, 0.25) is 0 Å². The molecule has 1 atom stereocenters. The van der Waals surface area contributed by atoms with Crippen LogP contribution in [0.3, 0.4) is 0 Å². The Hall–Kier alpha value is -2.11. The second kappa shape index (κ2) is 8.50. The highest BCUT2D eigenvalue weighted by Crippen LogP contribution is 2.16. The van der Waals surface area contributed by atoms with Gasteiger partial charge in [0.05, 0.1) is 6.10 Å². The third-order valence-corrected chi connectivity index (χ3v) is 3.71. The molecule has 2 rings (SSSR count). The van der Waals surface area contributed by atoms with Crippen molar-refractivity contribution >= 4 is 17.6 Å². The van der Waals surface area contributed by atoms with E-state index in [1.807, 2.05) is 37.3 Å². The lowest BCUT2D eigenvalue weighted by molar-refractivity contribution is 0.172. The van der Waals surface area contributed by atoms with Crippen LogP contribution in [0.4, 0.5) is 4.79 Å². The lowest BCUT2D eigenvalue weighted by atomic mass is 10.0. The third kappa shape index (κ3) is 5.54. The predicted octanol–water partition coefficient (Wildman–Crippen LogP) is 2.62. The monoisotopic (exact) mass is 333 g/mol. The summed E-state index contributed by atoms with van der Waals surface area (Å²) in [6.45, 7) is 2.58. The number of aromatic nitrogens is 1. The minimum absolute atomic E-state index is 0.166. The summed E-state index contributed by atoms with van der Waals surface area (Å²) in [5, 5.41) is 16.0. The van der Waals surface area contributed by atoms with Crippen LogP contribution in [0.5, 0.6) is 0 Å². The number of pyridine rings is 1. The number of nitrogens with zero attached hydrogens (tertiary/aromatic N) is 1. The summed E-state index contributed by atoms with van der Waals surface area (Å²) in [5.74, 6) is 0. The van der Waals surface area contributed by atoms with Gasteiger partial charge in [-0.2, -0.15) is 0 Å². The summed E-state index contributed by atoms with van der Waals surface area (Å²) in [4.78, 5) is 15.7. The van der Waals surface area contributed by atoms with E-state index in [0.717, 1.165) is 16.7 Å². The van der Waals surface area contributed by atoms with Crippen LogP contribution in [0.15, 0.2) is 42.6 Å². The Balaban J connectivity index is 1.71. The number of carbonyl (C=O) groups is 1. The van der Waals surface area contributed by atoms with Gasteiger partial charge >= 0.3 is 6.03 Å². The van der Waals surface area contributed by atoms with E-state index in [0.29, 0.717) is 18.1 Å². The number of urea groups is 1. The zero-order chi connectivity index (χ0) is 16.7. The molecule has 0 aliphatic rings. The SMILES string of the molecule is Cc1ccccc1C(O)CNC(=O)NCCc1ccc(Cl)nc1. The van der Waals surface area contributed by atoms with Crippen molar-refractivity contribution < 1.29 is 9.90 Å². The van der Waals surface area contributed by atoms with Gasteiger partial charge in [-0.25, -0.2) is 9.78 Å². The van der Waals surface area contributed by atoms with Crippen LogP contribution < -0.4 is 10.6 Å². The zero-order valence-electron chi connectivity index (χ0n) is 12.9. The molecule has 1 aromatic carbocycles. The second-order valence-corrected chi connectivity index (χ2v) is 5.64. The van der Waals surface area contributed by atoms with E-state index in [1.165, 1.54) is 0 Å². The molecule has 0 fully saturated rings. The van der Waals surface area contributed by atoms with Gasteiger partial charge in [0.15, 0.2) is 0 Å². The smallest absolute Gasteiger partial charge is 0.314 e. The normalized spacial score (nSPS) is 11.8. The van der Waals surface area contributed by atoms with Crippen molar-refractivity contribution in [2.45, 2.75) is 19.4 Å². The van der Waals surface area contributed by atoms with Crippen molar-refractivity contribution in [1.82, 2.24) is 15.6 Å². The van der Waals surface area contributed by atoms with Gasteiger partial charge in [-0.15, -0.1) is 0 Å². The molecule has 0 radical (unpaired) electrons. The number of benzene rings is 1. The van der Waals surface area contributed by atoms with Gasteiger partial charge in [-0.1, -0.05) is 41.9 Å². The van der Waals surface area contributed by atoms with Gasteiger partial charge < -0.3 is 15.7 Å². The summed E-state index contributed by atoms with van der Waals surface area (Å²) >= 11 is 5.71. The molecular formula is C17H20ClN3O2. The standard InChI is InChI=1S/C17H20ClN3O2/c1-12-4-2-3-5-14(12)15(22)11-21-17(23)19-9-8-13-6-7-16(18)20-10-13/h2-7,10,15,22H,8-9,11H2,1H3,(H2,19,21,23). The number of hydrogen-bond acceptors (Lipinski definition) is 3. The zero-order valence-corrected chi connectivity index (χ0v) is 13.7. The molecule has 5 nitrogen and oxygen atoms in total. The molecule has 0 aliphatic heterocycles. The number of aliphatic hydroxyl groups is 1. The van der Waals surface area contributed by atoms with E-state index in [9.17, 15) is 9.90 Å². The molecule has 122 valence electrons. The Kier molecular flexibility index (Phi) is 6.38. The van der Waals surface area contributed by atoms with Crippen LogP contribution in [0.2, 0.25) is 5.15 Å². The number of amides is 2. The van der Waals surface area contributed by atoms with Crippen molar-refractivity contribution in [2.75, 3.05) is 13.1 Å². The molecule has 1 aromatic heterocycles. The van der Waals surface area contributed by atoms with Crippen LogP contribution in [0.1, 0.15) is 22.8 Å². The molecule has 1 unspecified atom stereocenters. The quantitative estimate of drug-likeness (QED) is 0.711. The Morgan fingerprint density at radius 2 is 2.04 bits per heavy atom. The first-order chi connectivity index (χ1) is 11.1. The number of aliphatic hydroxyl groups excluding tert-OH is 1. The molecular weight excluding hydrogens is 314 g/mol. The highest BCUT2D eigenvalue weighted by molar-refractivity contribution is 6.29. The first kappa shape index (κ1) is 17.2. The molecule has 23 heavy (non-hydrogen) atoms. The molecule has 0 saturated heterocycles. The highest BCUT2D eigenvalue weighted by Gasteiger charge is 2.11. The topological polar surface area (TPSA) is 74.2 Å². The van der Waals surface area contributed by atoms with Gasteiger partial charge in [-0.3, -0.25) is 0 Å². The lowest BCUT2D eigenvalue weighted by Crippen LogP contribution is -2.38. The Morgan fingerprint density at radius 3 is 2.74 bits per heavy atom. The van der Waals surface area contributed by atoms with E-state index >= 15 is 0 Å². The number of rotatable bonds is 6. The number of nitrogens with one attached hydrogen (secondary N) is 2. The molecule has 2 aromatic rings. The fourth-order valence-corrected chi connectivity index (χ4v) is 2.31. The molecule has 0 bridgehead atoms. The summed E-state index contributed by atoms with van der Waals surface area (Å²) in [6.07, 6.45) is 1.63. The molecule has 3 N–H and O–H groups in total. The predicted molar refractivity (Wildman–Crippen MR) is 90.5 cm³/mol. The summed E-state index contributed by atoms with van der Waals surface area (Å²) in [7, 11) is 0. The maximum absolute atomic E-state index is 11.7. The third-order valence-electron chi connectivity index (χ3n) is 3.49. The molecule has 2 amide bonds. The van der Waals surface area contributed by atoms with Crippen LogP contribution in [0, 0.1) is 6.92 Å². The lowest BCUT2D eigenvalue weighted by Gasteiger charge is -2.15. The van der Waals surface area contributed by atoms with Crippen molar-refractivity contribution in [3.8, 4) is 0 Å². The van der Waals surface area contributed by atoms with Gasteiger partial charge in [0, 0.05) is 19.3 Å². The number of hydrogen-bond donors (Lipinski definition) is 3. The van der Waals surface area contributed by atoms with E-state index in [1.54, 1.807) is 12.3 Å². The highest BCUT2D eigenvalue weighted by atomic mass is 35.5. The van der Waals surface area contributed by atoms with Crippen LogP contribution >= 0.6 is 11.6 Å². The van der Waals surface area contributed by atoms with E-state index in [2.05, 4.69) is 15.6 Å². The first-order valence-electron chi connectivity index (χ1n) is 7.42. The number of halogens is 1. The summed E-state index contributed by atoms with van der Waals surface area (Å²) < 4.78 is 0.